The Morgan fingerprint density at radius 2 is 1.50 bits per heavy atom. The molecule has 6 heteroatoms. The molecule has 0 radical (unpaired) electrons. The lowest BCUT2D eigenvalue weighted by atomic mass is 9.88. The van der Waals surface area contributed by atoms with Gasteiger partial charge in [0.1, 0.15) is 0 Å². The van der Waals surface area contributed by atoms with Crippen LogP contribution in [0, 0.1) is 0 Å². The standard InChI is InChI=1S/C24H20BrClO4/c1-3-29-23(27)16-13-19(18-7-5-6-8-21(18)26)22(15-9-11-17(25)12-10-15)20(14-16)24(28)30-4-2/h5-14H,3-4H2,1-2H3. The number of benzene rings is 3. The van der Waals surface area contributed by atoms with Gasteiger partial charge in [-0.3, -0.25) is 0 Å². The molecule has 0 N–H and O–H groups in total. The second-order valence-electron chi connectivity index (χ2n) is 6.37. The second-order valence-corrected chi connectivity index (χ2v) is 7.70. The van der Waals surface area contributed by atoms with E-state index in [1.54, 1.807) is 26.0 Å². The van der Waals surface area contributed by atoms with Gasteiger partial charge in [-0.15, -0.1) is 0 Å². The van der Waals surface area contributed by atoms with Gasteiger partial charge >= 0.3 is 11.9 Å². The van der Waals surface area contributed by atoms with Crippen LogP contribution in [0.3, 0.4) is 0 Å². The monoisotopic (exact) mass is 486 g/mol. The molecular formula is C24H20BrClO4. The smallest absolute Gasteiger partial charge is 0.338 e. The summed E-state index contributed by atoms with van der Waals surface area (Å²) in [6.45, 7) is 3.91. The number of carbonyl (C=O) groups excluding carboxylic acids is 2. The normalized spacial score (nSPS) is 10.5. The maximum absolute atomic E-state index is 12.9. The fourth-order valence-electron chi connectivity index (χ4n) is 3.16. The van der Waals surface area contributed by atoms with E-state index in [4.69, 9.17) is 21.1 Å². The molecule has 0 aliphatic heterocycles. The molecule has 3 aromatic carbocycles. The molecule has 0 saturated carbocycles. The van der Waals surface area contributed by atoms with Gasteiger partial charge in [-0.1, -0.05) is 57.9 Å². The number of halogens is 2. The Kier molecular flexibility index (Phi) is 7.29. The lowest BCUT2D eigenvalue weighted by molar-refractivity contribution is 0.0526. The number of esters is 2. The molecule has 154 valence electrons. The molecule has 0 saturated heterocycles. The quantitative estimate of drug-likeness (QED) is 0.359. The number of ether oxygens (including phenoxy) is 2. The Morgan fingerprint density at radius 1 is 0.867 bits per heavy atom. The second kappa shape index (κ2) is 9.92. The molecule has 0 bridgehead atoms. The minimum absolute atomic E-state index is 0.212. The van der Waals surface area contributed by atoms with Crippen LogP contribution < -0.4 is 0 Å². The Morgan fingerprint density at radius 3 is 2.13 bits per heavy atom. The van der Waals surface area contributed by atoms with Crippen LogP contribution >= 0.6 is 27.5 Å². The van der Waals surface area contributed by atoms with Crippen molar-refractivity contribution in [2.45, 2.75) is 13.8 Å². The summed E-state index contributed by atoms with van der Waals surface area (Å²) in [6.07, 6.45) is 0. The van der Waals surface area contributed by atoms with Crippen molar-refractivity contribution in [3.8, 4) is 22.3 Å². The predicted octanol–water partition coefficient (Wildman–Crippen LogP) is 6.79. The molecule has 0 spiro atoms. The van der Waals surface area contributed by atoms with Crippen molar-refractivity contribution in [3.63, 3.8) is 0 Å². The van der Waals surface area contributed by atoms with Crippen molar-refractivity contribution in [1.82, 2.24) is 0 Å². The Bertz CT molecular complexity index is 1080. The third-order valence-electron chi connectivity index (χ3n) is 4.44. The summed E-state index contributed by atoms with van der Waals surface area (Å²) in [5.74, 6) is -1.03. The molecule has 0 aliphatic carbocycles. The first-order valence-electron chi connectivity index (χ1n) is 9.49. The zero-order chi connectivity index (χ0) is 21.7. The molecule has 4 nitrogen and oxygen atoms in total. The van der Waals surface area contributed by atoms with Crippen molar-refractivity contribution in [2.24, 2.45) is 0 Å². The molecule has 3 rings (SSSR count). The van der Waals surface area contributed by atoms with Gasteiger partial charge in [0, 0.05) is 20.6 Å². The van der Waals surface area contributed by atoms with Gasteiger partial charge in [-0.25, -0.2) is 9.59 Å². The summed E-state index contributed by atoms with van der Waals surface area (Å²) >= 11 is 9.93. The highest BCUT2D eigenvalue weighted by atomic mass is 79.9. The first-order valence-corrected chi connectivity index (χ1v) is 10.7. The van der Waals surface area contributed by atoms with Crippen LogP contribution in [0.25, 0.3) is 22.3 Å². The van der Waals surface area contributed by atoms with Crippen LogP contribution in [0.2, 0.25) is 5.02 Å². The van der Waals surface area contributed by atoms with Crippen LogP contribution in [0.4, 0.5) is 0 Å². The van der Waals surface area contributed by atoms with Gasteiger partial charge in [0.15, 0.2) is 0 Å². The summed E-state index contributed by atoms with van der Waals surface area (Å²) in [5.41, 5.74) is 3.33. The minimum Gasteiger partial charge on any atom is -0.462 e. The molecule has 3 aromatic rings. The third-order valence-corrected chi connectivity index (χ3v) is 5.30. The van der Waals surface area contributed by atoms with Gasteiger partial charge in [0.25, 0.3) is 0 Å². The first kappa shape index (κ1) is 22.1. The molecular weight excluding hydrogens is 468 g/mol. The SMILES string of the molecule is CCOC(=O)c1cc(C(=O)OCC)c(-c2ccc(Br)cc2)c(-c2ccccc2Cl)c1. The summed E-state index contributed by atoms with van der Waals surface area (Å²) in [7, 11) is 0. The maximum Gasteiger partial charge on any atom is 0.338 e. The lowest BCUT2D eigenvalue weighted by Gasteiger charge is -2.18. The van der Waals surface area contributed by atoms with Crippen LogP contribution in [-0.2, 0) is 9.47 Å². The average Bonchev–Trinajstić information content (AvgIpc) is 2.74. The van der Waals surface area contributed by atoms with Crippen LogP contribution in [-0.4, -0.2) is 25.2 Å². The van der Waals surface area contributed by atoms with E-state index in [9.17, 15) is 9.59 Å². The van der Waals surface area contributed by atoms with Gasteiger partial charge in [0.2, 0.25) is 0 Å². The predicted molar refractivity (Wildman–Crippen MR) is 122 cm³/mol. The minimum atomic E-state index is -0.519. The van der Waals surface area contributed by atoms with Gasteiger partial charge in [-0.2, -0.15) is 0 Å². The summed E-state index contributed by atoms with van der Waals surface area (Å²) in [5, 5.41) is 0.506. The zero-order valence-electron chi connectivity index (χ0n) is 16.6. The molecule has 0 amide bonds. The summed E-state index contributed by atoms with van der Waals surface area (Å²) in [6, 6.07) is 18.1. The number of hydrogen-bond donors (Lipinski definition) is 0. The highest BCUT2D eigenvalue weighted by Gasteiger charge is 2.23. The van der Waals surface area contributed by atoms with E-state index in [2.05, 4.69) is 15.9 Å². The van der Waals surface area contributed by atoms with Gasteiger partial charge in [0.05, 0.1) is 24.3 Å². The maximum atomic E-state index is 12.9. The third kappa shape index (κ3) is 4.74. The first-order chi connectivity index (χ1) is 14.5. The van der Waals surface area contributed by atoms with E-state index in [-0.39, 0.29) is 24.3 Å². The van der Waals surface area contributed by atoms with Crippen molar-refractivity contribution >= 4 is 39.5 Å². The molecule has 0 unspecified atom stereocenters. The fraction of sp³-hybridized carbons (Fsp3) is 0.167. The van der Waals surface area contributed by atoms with Crippen molar-refractivity contribution < 1.29 is 19.1 Å². The average molecular weight is 488 g/mol. The van der Waals surface area contributed by atoms with E-state index in [1.807, 2.05) is 42.5 Å². The highest BCUT2D eigenvalue weighted by molar-refractivity contribution is 9.10. The van der Waals surface area contributed by atoms with Crippen LogP contribution in [0.15, 0.2) is 65.1 Å². The molecule has 0 fully saturated rings. The Balaban J connectivity index is 2.38. The zero-order valence-corrected chi connectivity index (χ0v) is 18.9. The lowest BCUT2D eigenvalue weighted by Crippen LogP contribution is -2.12. The molecule has 30 heavy (non-hydrogen) atoms. The Hall–Kier alpha value is -2.63. The van der Waals surface area contributed by atoms with E-state index in [1.165, 1.54) is 6.07 Å². The Labute approximate surface area is 188 Å². The number of carbonyl (C=O) groups is 2. The topological polar surface area (TPSA) is 52.6 Å². The molecule has 0 atom stereocenters. The van der Waals surface area contributed by atoms with E-state index < -0.39 is 11.9 Å². The molecule has 0 aliphatic rings. The fourth-order valence-corrected chi connectivity index (χ4v) is 3.67. The van der Waals surface area contributed by atoms with E-state index in [0.717, 1.165) is 10.0 Å². The van der Waals surface area contributed by atoms with Gasteiger partial charge in [-0.05, 0) is 55.3 Å². The highest BCUT2D eigenvalue weighted by Crippen LogP contribution is 2.40. The largest absolute Gasteiger partial charge is 0.462 e. The van der Waals surface area contributed by atoms with E-state index >= 15 is 0 Å². The van der Waals surface area contributed by atoms with Crippen molar-refractivity contribution in [3.05, 3.63) is 81.3 Å². The van der Waals surface area contributed by atoms with E-state index in [0.29, 0.717) is 21.7 Å². The molecule has 0 aromatic heterocycles. The van der Waals surface area contributed by atoms with Gasteiger partial charge < -0.3 is 9.47 Å². The summed E-state index contributed by atoms with van der Waals surface area (Å²) in [4.78, 5) is 25.4. The number of rotatable bonds is 6. The summed E-state index contributed by atoms with van der Waals surface area (Å²) < 4.78 is 11.4. The number of hydrogen-bond acceptors (Lipinski definition) is 4. The van der Waals surface area contributed by atoms with Crippen molar-refractivity contribution in [2.75, 3.05) is 13.2 Å². The van der Waals surface area contributed by atoms with Crippen LogP contribution in [0.5, 0.6) is 0 Å². The van der Waals surface area contributed by atoms with Crippen molar-refractivity contribution in [1.29, 1.82) is 0 Å². The van der Waals surface area contributed by atoms with Crippen LogP contribution in [0.1, 0.15) is 34.6 Å². The molecule has 0 heterocycles.